The molecule has 2 aliphatic heterocycles. The van der Waals surface area contributed by atoms with Gasteiger partial charge in [-0.05, 0) is 64.4 Å². The molecule has 0 atom stereocenters. The van der Waals surface area contributed by atoms with Gasteiger partial charge in [0, 0.05) is 57.9 Å². The molecule has 1 N–H and O–H groups in total. The summed E-state index contributed by atoms with van der Waals surface area (Å²) in [5.41, 5.74) is 0.333. The number of ether oxygens (including phenoxy) is 1. The Morgan fingerprint density at radius 2 is 1.32 bits per heavy atom. The molecule has 212 valence electrons. The highest BCUT2D eigenvalue weighted by molar-refractivity contribution is 5.85. The zero-order valence-corrected chi connectivity index (χ0v) is 22.9. The topological polar surface area (TPSA) is 48.1 Å². The average molecular weight is 561 g/mol. The maximum absolute atomic E-state index is 13.9. The first-order valence-electron chi connectivity index (χ1n) is 12.6. The van der Waals surface area contributed by atoms with Gasteiger partial charge in [-0.25, -0.2) is 22.4 Å². The summed E-state index contributed by atoms with van der Waals surface area (Å²) in [6.45, 7) is 11.0. The Morgan fingerprint density at radius 3 is 1.87 bits per heavy atom. The number of halogens is 5. The van der Waals surface area contributed by atoms with E-state index in [1.807, 2.05) is 30.6 Å². The number of amides is 1. The summed E-state index contributed by atoms with van der Waals surface area (Å²) >= 11 is 0. The summed E-state index contributed by atoms with van der Waals surface area (Å²) in [5.74, 6) is -2.17. The Balaban J connectivity index is 0.000000277. The number of anilines is 2. The molecule has 0 radical (unpaired) electrons. The van der Waals surface area contributed by atoms with Crippen LogP contribution in [-0.4, -0.2) is 69.0 Å². The van der Waals surface area contributed by atoms with Crippen LogP contribution >= 0.6 is 12.4 Å². The van der Waals surface area contributed by atoms with E-state index < -0.39 is 28.9 Å². The standard InChI is InChI=1S/C16H22F2N2O2.C11H14F2N2.ClH/c1-16(2,3)22-15(21)20-8-4-7-19(9-10-20)14-6-5-12(17)11-13(14)18;12-9-2-3-11(10(13)8-9)15-6-1-4-14-5-7-15;/h5-6,11H,4,7-10H2,1-3H3;2-3,8,14H,1,4-7H2;1H. The molecule has 2 saturated heterocycles. The lowest BCUT2D eigenvalue weighted by atomic mass is 10.2. The maximum Gasteiger partial charge on any atom is 0.410 e. The fraction of sp³-hybridized carbons (Fsp3) is 0.519. The third-order valence-electron chi connectivity index (χ3n) is 5.99. The van der Waals surface area contributed by atoms with Gasteiger partial charge in [-0.15, -0.1) is 12.4 Å². The van der Waals surface area contributed by atoms with Gasteiger partial charge >= 0.3 is 6.09 Å². The number of benzene rings is 2. The molecule has 11 heteroatoms. The van der Waals surface area contributed by atoms with E-state index in [0.29, 0.717) is 44.0 Å². The van der Waals surface area contributed by atoms with Gasteiger partial charge in [0.15, 0.2) is 0 Å². The number of carbonyl (C=O) groups excluding carboxylic acids is 1. The average Bonchev–Trinajstić information content (AvgIpc) is 3.22. The van der Waals surface area contributed by atoms with Crippen LogP contribution in [0.5, 0.6) is 0 Å². The van der Waals surface area contributed by atoms with Gasteiger partial charge in [-0.3, -0.25) is 0 Å². The number of hydrogen-bond donors (Lipinski definition) is 1. The summed E-state index contributed by atoms with van der Waals surface area (Å²) in [6, 6.07) is 7.31. The van der Waals surface area contributed by atoms with E-state index in [9.17, 15) is 22.4 Å². The highest BCUT2D eigenvalue weighted by Crippen LogP contribution is 2.23. The minimum atomic E-state index is -0.591. The smallest absolute Gasteiger partial charge is 0.410 e. The summed E-state index contributed by atoms with van der Waals surface area (Å²) in [4.78, 5) is 17.5. The Kier molecular flexibility index (Phi) is 12.0. The minimum Gasteiger partial charge on any atom is -0.444 e. The molecule has 2 aromatic rings. The molecule has 2 aromatic carbocycles. The van der Waals surface area contributed by atoms with Gasteiger partial charge in [-0.1, -0.05) is 0 Å². The molecule has 0 bridgehead atoms. The lowest BCUT2D eigenvalue weighted by molar-refractivity contribution is 0.0263. The zero-order chi connectivity index (χ0) is 27.0. The second kappa shape index (κ2) is 14.4. The van der Waals surface area contributed by atoms with Crippen molar-refractivity contribution in [3.63, 3.8) is 0 Å². The molecule has 0 spiro atoms. The molecule has 0 aliphatic carbocycles. The Bertz CT molecular complexity index is 1050. The molecule has 1 amide bonds. The SMILES string of the molecule is CC(C)(C)OC(=O)N1CCCN(c2ccc(F)cc2F)CC1.Cl.Fc1ccc(N2CCCNCC2)c(F)c1. The predicted octanol–water partition coefficient (Wildman–Crippen LogP) is 5.60. The van der Waals surface area contributed by atoms with Crippen LogP contribution in [0.25, 0.3) is 0 Å². The Morgan fingerprint density at radius 1 is 0.763 bits per heavy atom. The first-order valence-corrected chi connectivity index (χ1v) is 12.6. The number of nitrogens with zero attached hydrogens (tertiary/aromatic N) is 3. The van der Waals surface area contributed by atoms with Crippen molar-refractivity contribution in [3.8, 4) is 0 Å². The van der Waals surface area contributed by atoms with Crippen LogP contribution < -0.4 is 15.1 Å². The lowest BCUT2D eigenvalue weighted by Gasteiger charge is -2.27. The number of hydrogen-bond acceptors (Lipinski definition) is 5. The van der Waals surface area contributed by atoms with Gasteiger partial charge in [-0.2, -0.15) is 0 Å². The fourth-order valence-electron chi connectivity index (χ4n) is 4.23. The third-order valence-corrected chi connectivity index (χ3v) is 5.99. The first kappa shape index (κ1) is 31.5. The molecule has 2 aliphatic rings. The second-order valence-electron chi connectivity index (χ2n) is 10.1. The van der Waals surface area contributed by atoms with Crippen LogP contribution in [0.15, 0.2) is 36.4 Å². The Hall–Kier alpha value is -2.72. The molecular formula is C27H37ClF4N4O2. The summed E-state index contributed by atoms with van der Waals surface area (Å²) in [5, 5.41) is 3.24. The van der Waals surface area contributed by atoms with Gasteiger partial charge in [0.2, 0.25) is 0 Å². The van der Waals surface area contributed by atoms with Crippen molar-refractivity contribution in [3.05, 3.63) is 59.7 Å². The normalized spacial score (nSPS) is 16.4. The Labute approximate surface area is 228 Å². The van der Waals surface area contributed by atoms with Crippen molar-refractivity contribution in [1.82, 2.24) is 10.2 Å². The van der Waals surface area contributed by atoms with Crippen LogP contribution in [0.1, 0.15) is 33.6 Å². The van der Waals surface area contributed by atoms with E-state index in [-0.39, 0.29) is 18.5 Å². The van der Waals surface area contributed by atoms with Crippen molar-refractivity contribution in [2.24, 2.45) is 0 Å². The van der Waals surface area contributed by atoms with Gasteiger partial charge in [0.25, 0.3) is 0 Å². The number of nitrogens with one attached hydrogen (secondary N) is 1. The van der Waals surface area contributed by atoms with Crippen molar-refractivity contribution in [2.45, 2.75) is 39.2 Å². The highest BCUT2D eigenvalue weighted by atomic mass is 35.5. The molecule has 6 nitrogen and oxygen atoms in total. The van der Waals surface area contributed by atoms with E-state index in [1.54, 1.807) is 4.90 Å². The van der Waals surface area contributed by atoms with E-state index in [2.05, 4.69) is 5.32 Å². The summed E-state index contributed by atoms with van der Waals surface area (Å²) in [7, 11) is 0. The zero-order valence-electron chi connectivity index (χ0n) is 22.1. The molecule has 38 heavy (non-hydrogen) atoms. The van der Waals surface area contributed by atoms with Gasteiger partial charge < -0.3 is 24.8 Å². The maximum atomic E-state index is 13.9. The van der Waals surface area contributed by atoms with Gasteiger partial charge in [0.05, 0.1) is 11.4 Å². The monoisotopic (exact) mass is 560 g/mol. The first-order chi connectivity index (χ1) is 17.5. The summed E-state index contributed by atoms with van der Waals surface area (Å²) in [6.07, 6.45) is 1.33. The molecule has 0 aromatic heterocycles. The molecule has 4 rings (SSSR count). The van der Waals surface area contributed by atoms with Crippen molar-refractivity contribution in [2.75, 3.05) is 62.2 Å². The summed E-state index contributed by atoms with van der Waals surface area (Å²) < 4.78 is 58.4. The molecular weight excluding hydrogens is 524 g/mol. The molecule has 0 unspecified atom stereocenters. The van der Waals surface area contributed by atoms with Crippen LogP contribution in [0, 0.1) is 23.3 Å². The lowest BCUT2D eigenvalue weighted by Crippen LogP contribution is -2.39. The largest absolute Gasteiger partial charge is 0.444 e. The molecule has 2 fully saturated rings. The fourth-order valence-corrected chi connectivity index (χ4v) is 4.23. The van der Waals surface area contributed by atoms with Crippen LogP contribution in [-0.2, 0) is 4.74 Å². The van der Waals surface area contributed by atoms with E-state index >= 15 is 0 Å². The third kappa shape index (κ3) is 9.54. The van der Waals surface area contributed by atoms with Crippen LogP contribution in [0.2, 0.25) is 0 Å². The predicted molar refractivity (Wildman–Crippen MR) is 144 cm³/mol. The second-order valence-corrected chi connectivity index (χ2v) is 10.1. The molecule has 0 saturated carbocycles. The number of rotatable bonds is 2. The minimum absolute atomic E-state index is 0. The quantitative estimate of drug-likeness (QED) is 0.485. The van der Waals surface area contributed by atoms with Gasteiger partial charge in [0.1, 0.15) is 28.9 Å². The van der Waals surface area contributed by atoms with Crippen molar-refractivity contribution in [1.29, 1.82) is 0 Å². The number of carbonyl (C=O) groups is 1. The molecule has 2 heterocycles. The van der Waals surface area contributed by atoms with E-state index in [4.69, 9.17) is 4.74 Å². The van der Waals surface area contributed by atoms with E-state index in [0.717, 1.165) is 44.7 Å². The van der Waals surface area contributed by atoms with Crippen LogP contribution in [0.3, 0.4) is 0 Å². The van der Waals surface area contributed by atoms with Crippen molar-refractivity contribution >= 4 is 29.9 Å². The highest BCUT2D eigenvalue weighted by Gasteiger charge is 2.25. The van der Waals surface area contributed by atoms with Crippen LogP contribution in [0.4, 0.5) is 33.7 Å². The van der Waals surface area contributed by atoms with Crippen molar-refractivity contribution < 1.29 is 27.1 Å². The van der Waals surface area contributed by atoms with E-state index in [1.165, 1.54) is 24.3 Å².